The fraction of sp³-hybridized carbons (Fsp3) is 0.0667. The molecule has 0 aliphatic heterocycles. The average molecular weight is 240 g/mol. The molecular formula is C15H12O3. The molecule has 18 heavy (non-hydrogen) atoms. The maximum absolute atomic E-state index is 10.9. The summed E-state index contributed by atoms with van der Waals surface area (Å²) >= 11 is 0. The van der Waals surface area contributed by atoms with Crippen molar-refractivity contribution in [3.63, 3.8) is 0 Å². The summed E-state index contributed by atoms with van der Waals surface area (Å²) in [7, 11) is 0. The number of carboxylic acid groups (broad SMARTS) is 1. The zero-order valence-electron chi connectivity index (χ0n) is 9.61. The van der Waals surface area contributed by atoms with E-state index in [0.29, 0.717) is 11.8 Å². The largest absolute Gasteiger partial charge is 0.480 e. The van der Waals surface area contributed by atoms with Crippen LogP contribution in [0.1, 0.15) is 11.5 Å². The molecule has 2 rings (SSSR count). The molecule has 0 heterocycles. The fourth-order valence-corrected chi connectivity index (χ4v) is 1.82. The number of carbonyl (C=O) groups excluding carboxylic acids is 1. The fourth-order valence-electron chi connectivity index (χ4n) is 1.82. The molecule has 2 aromatic rings. The van der Waals surface area contributed by atoms with Gasteiger partial charge in [-0.15, -0.1) is 0 Å². The third-order valence-electron chi connectivity index (χ3n) is 2.76. The minimum atomic E-state index is -1.13. The lowest BCUT2D eigenvalue weighted by Crippen LogP contribution is -2.12. The Morgan fingerprint density at radius 1 is 1.00 bits per heavy atom. The van der Waals surface area contributed by atoms with Crippen molar-refractivity contribution in [3.05, 3.63) is 60.2 Å². The molecule has 0 aromatic heterocycles. The van der Waals surface area contributed by atoms with Gasteiger partial charge in [-0.25, -0.2) is 0 Å². The molecule has 3 nitrogen and oxygen atoms in total. The Morgan fingerprint density at radius 3 is 2.28 bits per heavy atom. The van der Waals surface area contributed by atoms with Gasteiger partial charge in [0.05, 0.1) is 0 Å². The Labute approximate surface area is 105 Å². The highest BCUT2D eigenvalue weighted by molar-refractivity contribution is 5.93. The summed E-state index contributed by atoms with van der Waals surface area (Å²) in [4.78, 5) is 21.8. The number of benzene rings is 2. The van der Waals surface area contributed by atoms with Crippen LogP contribution in [0.4, 0.5) is 0 Å². The molecule has 1 atom stereocenters. The van der Waals surface area contributed by atoms with Crippen LogP contribution in [-0.4, -0.2) is 17.4 Å². The van der Waals surface area contributed by atoms with E-state index in [0.717, 1.165) is 11.1 Å². The average Bonchev–Trinajstić information content (AvgIpc) is 2.40. The van der Waals surface area contributed by atoms with E-state index in [-0.39, 0.29) is 0 Å². The van der Waals surface area contributed by atoms with E-state index in [4.69, 9.17) is 5.11 Å². The molecule has 1 unspecified atom stereocenters. The van der Waals surface area contributed by atoms with Crippen molar-refractivity contribution in [2.45, 2.75) is 5.92 Å². The number of carbonyl (C=O) groups is 2. The number of rotatable bonds is 4. The monoisotopic (exact) mass is 240 g/mol. The first-order valence-electron chi connectivity index (χ1n) is 5.56. The van der Waals surface area contributed by atoms with Crippen LogP contribution in [0.15, 0.2) is 54.6 Å². The number of carboxylic acids is 1. The van der Waals surface area contributed by atoms with Gasteiger partial charge in [-0.2, -0.15) is 0 Å². The van der Waals surface area contributed by atoms with Gasteiger partial charge in [0.25, 0.3) is 0 Å². The van der Waals surface area contributed by atoms with E-state index >= 15 is 0 Å². The van der Waals surface area contributed by atoms with E-state index < -0.39 is 11.9 Å². The van der Waals surface area contributed by atoms with Gasteiger partial charge in [-0.05, 0) is 22.8 Å². The first-order valence-corrected chi connectivity index (χ1v) is 5.56. The van der Waals surface area contributed by atoms with Gasteiger partial charge in [0, 0.05) is 0 Å². The van der Waals surface area contributed by atoms with Crippen LogP contribution in [0.3, 0.4) is 0 Å². The van der Waals surface area contributed by atoms with Crippen molar-refractivity contribution in [2.75, 3.05) is 0 Å². The molecule has 0 bridgehead atoms. The number of aliphatic carboxylic acids is 1. The van der Waals surface area contributed by atoms with Crippen LogP contribution in [0.25, 0.3) is 11.1 Å². The van der Waals surface area contributed by atoms with Crippen molar-refractivity contribution in [1.82, 2.24) is 0 Å². The summed E-state index contributed by atoms with van der Waals surface area (Å²) in [5, 5.41) is 8.96. The lowest BCUT2D eigenvalue weighted by Gasteiger charge is -2.08. The SMILES string of the molecule is O=CC(C(=O)O)c1cccc(-c2ccccc2)c1. The molecule has 0 spiro atoms. The van der Waals surface area contributed by atoms with E-state index in [1.165, 1.54) is 0 Å². The third kappa shape index (κ3) is 2.46. The molecule has 0 amide bonds. The Balaban J connectivity index is 2.42. The lowest BCUT2D eigenvalue weighted by molar-refractivity contribution is -0.140. The highest BCUT2D eigenvalue weighted by Crippen LogP contribution is 2.23. The van der Waals surface area contributed by atoms with E-state index in [2.05, 4.69) is 0 Å². The molecular weight excluding hydrogens is 228 g/mol. The summed E-state index contributed by atoms with van der Waals surface area (Å²) in [6.45, 7) is 0. The van der Waals surface area contributed by atoms with Gasteiger partial charge in [-0.1, -0.05) is 48.5 Å². The second-order valence-electron chi connectivity index (χ2n) is 3.94. The van der Waals surface area contributed by atoms with Gasteiger partial charge in [0.1, 0.15) is 12.2 Å². The molecule has 2 aromatic carbocycles. The minimum absolute atomic E-state index is 0.451. The van der Waals surface area contributed by atoms with Crippen LogP contribution in [0, 0.1) is 0 Å². The molecule has 3 heteroatoms. The quantitative estimate of drug-likeness (QED) is 0.660. The molecule has 0 saturated heterocycles. The number of hydrogen-bond acceptors (Lipinski definition) is 2. The summed E-state index contributed by atoms with van der Waals surface area (Å²) < 4.78 is 0. The normalized spacial score (nSPS) is 11.8. The summed E-state index contributed by atoms with van der Waals surface area (Å²) in [6.07, 6.45) is 0.451. The zero-order valence-corrected chi connectivity index (χ0v) is 9.61. The van der Waals surface area contributed by atoms with Crippen molar-refractivity contribution in [2.24, 2.45) is 0 Å². The van der Waals surface area contributed by atoms with Gasteiger partial charge >= 0.3 is 5.97 Å². The predicted molar refractivity (Wildman–Crippen MR) is 68.3 cm³/mol. The van der Waals surface area contributed by atoms with Gasteiger partial charge in [-0.3, -0.25) is 4.79 Å². The lowest BCUT2D eigenvalue weighted by atomic mass is 9.96. The zero-order chi connectivity index (χ0) is 13.0. The van der Waals surface area contributed by atoms with Crippen LogP contribution >= 0.6 is 0 Å². The second kappa shape index (κ2) is 5.27. The molecule has 1 N–H and O–H groups in total. The maximum atomic E-state index is 10.9. The number of aldehydes is 1. The van der Waals surface area contributed by atoms with Crippen LogP contribution in [0.5, 0.6) is 0 Å². The second-order valence-corrected chi connectivity index (χ2v) is 3.94. The Bertz CT molecular complexity index is 561. The molecule has 90 valence electrons. The summed E-state index contributed by atoms with van der Waals surface area (Å²) in [5.74, 6) is -2.23. The van der Waals surface area contributed by atoms with E-state index in [1.54, 1.807) is 18.2 Å². The van der Waals surface area contributed by atoms with Crippen molar-refractivity contribution in [3.8, 4) is 11.1 Å². The highest BCUT2D eigenvalue weighted by Gasteiger charge is 2.18. The first kappa shape index (κ1) is 12.0. The first-order chi connectivity index (χ1) is 8.72. The van der Waals surface area contributed by atoms with Crippen LogP contribution in [0.2, 0.25) is 0 Å². The molecule has 0 fully saturated rings. The van der Waals surface area contributed by atoms with Gasteiger partial charge < -0.3 is 9.90 Å². The topological polar surface area (TPSA) is 54.4 Å². The van der Waals surface area contributed by atoms with E-state index in [1.807, 2.05) is 36.4 Å². The maximum Gasteiger partial charge on any atom is 0.318 e. The predicted octanol–water partition coefficient (Wildman–Crippen LogP) is 2.72. The molecule has 0 radical (unpaired) electrons. The minimum Gasteiger partial charge on any atom is -0.480 e. The summed E-state index contributed by atoms with van der Waals surface area (Å²) in [6, 6.07) is 16.7. The molecule has 0 aliphatic carbocycles. The molecule has 0 aliphatic rings. The van der Waals surface area contributed by atoms with Crippen molar-refractivity contribution < 1.29 is 14.7 Å². The van der Waals surface area contributed by atoms with Crippen LogP contribution < -0.4 is 0 Å². The number of hydrogen-bond donors (Lipinski definition) is 1. The van der Waals surface area contributed by atoms with Crippen molar-refractivity contribution in [1.29, 1.82) is 0 Å². The van der Waals surface area contributed by atoms with Crippen molar-refractivity contribution >= 4 is 12.3 Å². The third-order valence-corrected chi connectivity index (χ3v) is 2.76. The summed E-state index contributed by atoms with van der Waals surface area (Å²) in [5.41, 5.74) is 2.40. The van der Waals surface area contributed by atoms with Gasteiger partial charge in [0.15, 0.2) is 0 Å². The Kier molecular flexibility index (Phi) is 3.53. The highest BCUT2D eigenvalue weighted by atomic mass is 16.4. The van der Waals surface area contributed by atoms with Gasteiger partial charge in [0.2, 0.25) is 0 Å². The smallest absolute Gasteiger partial charge is 0.318 e. The molecule has 0 saturated carbocycles. The Morgan fingerprint density at radius 2 is 1.67 bits per heavy atom. The Hall–Kier alpha value is -2.42. The standard InChI is InChI=1S/C15H12O3/c16-10-14(15(17)18)13-8-4-7-12(9-13)11-5-2-1-3-6-11/h1-10,14H,(H,17,18). The van der Waals surface area contributed by atoms with Crippen LogP contribution in [-0.2, 0) is 9.59 Å². The van der Waals surface area contributed by atoms with E-state index in [9.17, 15) is 9.59 Å².